The molecule has 0 aliphatic heterocycles. The number of carbonyl (C=O) groups is 1. The standard InChI is InChI=1S/C21H22ClN5O2/c1-26-13-24-17-18(20(28)23-12-11-14-5-3-2-4-6-14)25-27(19(17)21(26)29)16-9-7-15(22)8-10-16/h5,7-10,13H,2-4,6,11-12H2,1H3,(H,23,28). The highest BCUT2D eigenvalue weighted by molar-refractivity contribution is 6.30. The van der Waals surface area contributed by atoms with Crippen LogP contribution in [-0.4, -0.2) is 31.8 Å². The van der Waals surface area contributed by atoms with Crippen molar-refractivity contribution in [3.63, 3.8) is 0 Å². The fourth-order valence-electron chi connectivity index (χ4n) is 3.56. The minimum atomic E-state index is -0.333. The Hall–Kier alpha value is -2.93. The predicted molar refractivity (Wildman–Crippen MR) is 113 cm³/mol. The third kappa shape index (κ3) is 3.96. The number of amides is 1. The second-order valence-electron chi connectivity index (χ2n) is 7.21. The van der Waals surface area contributed by atoms with Crippen LogP contribution in [-0.2, 0) is 7.05 Å². The van der Waals surface area contributed by atoms with Gasteiger partial charge in [-0.3, -0.25) is 9.59 Å². The number of hydrogen-bond donors (Lipinski definition) is 1. The Morgan fingerprint density at radius 2 is 2.03 bits per heavy atom. The maximum atomic E-state index is 12.8. The predicted octanol–water partition coefficient (Wildman–Crippen LogP) is 3.39. The molecule has 1 aliphatic carbocycles. The van der Waals surface area contributed by atoms with E-state index in [0.717, 1.165) is 19.3 Å². The van der Waals surface area contributed by atoms with Crippen LogP contribution in [0.15, 0.2) is 47.0 Å². The summed E-state index contributed by atoms with van der Waals surface area (Å²) in [4.78, 5) is 29.9. The monoisotopic (exact) mass is 411 g/mol. The molecule has 0 atom stereocenters. The van der Waals surface area contributed by atoms with Gasteiger partial charge in [-0.05, 0) is 56.4 Å². The lowest BCUT2D eigenvalue weighted by Crippen LogP contribution is -2.26. The molecule has 1 amide bonds. The molecule has 1 aromatic carbocycles. The van der Waals surface area contributed by atoms with Crippen molar-refractivity contribution in [2.75, 3.05) is 6.54 Å². The number of carbonyl (C=O) groups excluding carboxylic acids is 1. The van der Waals surface area contributed by atoms with Crippen LogP contribution in [0.25, 0.3) is 16.7 Å². The molecule has 3 aromatic rings. The van der Waals surface area contributed by atoms with Crippen LogP contribution in [0.5, 0.6) is 0 Å². The third-order valence-corrected chi connectivity index (χ3v) is 5.40. The highest BCUT2D eigenvalue weighted by atomic mass is 35.5. The Kier molecular flexibility index (Phi) is 5.49. The molecule has 4 rings (SSSR count). The zero-order valence-corrected chi connectivity index (χ0v) is 16.9. The number of aryl methyl sites for hydroxylation is 1. The fourth-order valence-corrected chi connectivity index (χ4v) is 3.69. The maximum Gasteiger partial charge on any atom is 0.279 e. The number of hydrogen-bond acceptors (Lipinski definition) is 4. The van der Waals surface area contributed by atoms with E-state index >= 15 is 0 Å². The zero-order chi connectivity index (χ0) is 20.4. The summed E-state index contributed by atoms with van der Waals surface area (Å²) in [5.74, 6) is -0.333. The van der Waals surface area contributed by atoms with Gasteiger partial charge >= 0.3 is 0 Å². The summed E-state index contributed by atoms with van der Waals surface area (Å²) < 4.78 is 2.83. The van der Waals surface area contributed by atoms with E-state index in [1.165, 1.54) is 34.0 Å². The Morgan fingerprint density at radius 1 is 1.24 bits per heavy atom. The van der Waals surface area contributed by atoms with E-state index in [4.69, 9.17) is 11.6 Å². The number of halogens is 1. The topological polar surface area (TPSA) is 81.8 Å². The first-order valence-corrected chi connectivity index (χ1v) is 10.1. The summed E-state index contributed by atoms with van der Waals surface area (Å²) in [5.41, 5.74) is 2.44. The van der Waals surface area contributed by atoms with Crippen LogP contribution >= 0.6 is 11.6 Å². The van der Waals surface area contributed by atoms with Crippen molar-refractivity contribution in [2.45, 2.75) is 32.1 Å². The summed E-state index contributed by atoms with van der Waals surface area (Å²) in [6.45, 7) is 0.533. The fraction of sp³-hybridized carbons (Fsp3) is 0.333. The number of aromatic nitrogens is 4. The van der Waals surface area contributed by atoms with E-state index in [1.807, 2.05) is 0 Å². The molecular weight excluding hydrogens is 390 g/mol. The van der Waals surface area contributed by atoms with Crippen LogP contribution in [0.2, 0.25) is 5.02 Å². The van der Waals surface area contributed by atoms with E-state index < -0.39 is 0 Å². The van der Waals surface area contributed by atoms with Crippen LogP contribution in [0, 0.1) is 0 Å². The summed E-state index contributed by atoms with van der Waals surface area (Å²) in [5, 5.41) is 7.92. The van der Waals surface area contributed by atoms with Crippen LogP contribution < -0.4 is 10.9 Å². The Labute approximate surface area is 173 Å². The Balaban J connectivity index is 1.66. The average molecular weight is 412 g/mol. The molecule has 1 aliphatic rings. The van der Waals surface area contributed by atoms with E-state index in [9.17, 15) is 9.59 Å². The van der Waals surface area contributed by atoms with Crippen LogP contribution in [0.1, 0.15) is 42.6 Å². The average Bonchev–Trinajstić information content (AvgIpc) is 3.12. The van der Waals surface area contributed by atoms with E-state index in [2.05, 4.69) is 21.5 Å². The normalized spacial score (nSPS) is 14.1. The first kappa shape index (κ1) is 19.4. The smallest absolute Gasteiger partial charge is 0.279 e. The molecular formula is C21H22ClN5O2. The summed E-state index contributed by atoms with van der Waals surface area (Å²) in [7, 11) is 1.62. The molecule has 2 heterocycles. The van der Waals surface area contributed by atoms with Gasteiger partial charge in [-0.25, -0.2) is 9.67 Å². The zero-order valence-electron chi connectivity index (χ0n) is 16.2. The highest BCUT2D eigenvalue weighted by Gasteiger charge is 2.22. The van der Waals surface area contributed by atoms with Crippen molar-refractivity contribution < 1.29 is 4.79 Å². The van der Waals surface area contributed by atoms with Crippen molar-refractivity contribution in [2.24, 2.45) is 7.05 Å². The highest BCUT2D eigenvalue weighted by Crippen LogP contribution is 2.21. The molecule has 29 heavy (non-hydrogen) atoms. The molecule has 0 saturated carbocycles. The maximum absolute atomic E-state index is 12.8. The van der Waals surface area contributed by atoms with Gasteiger partial charge in [0, 0.05) is 18.6 Å². The van der Waals surface area contributed by atoms with Crippen molar-refractivity contribution in [1.82, 2.24) is 24.6 Å². The van der Waals surface area contributed by atoms with Crippen LogP contribution in [0.3, 0.4) is 0 Å². The second-order valence-corrected chi connectivity index (χ2v) is 7.65. The number of fused-ring (bicyclic) bond motifs is 1. The van der Waals surface area contributed by atoms with Crippen LogP contribution in [0.4, 0.5) is 0 Å². The van der Waals surface area contributed by atoms with E-state index in [-0.39, 0.29) is 28.2 Å². The van der Waals surface area contributed by atoms with Gasteiger partial charge in [0.15, 0.2) is 11.2 Å². The molecule has 0 unspecified atom stereocenters. The second kappa shape index (κ2) is 8.21. The van der Waals surface area contributed by atoms with Gasteiger partial charge in [0.1, 0.15) is 5.52 Å². The largest absolute Gasteiger partial charge is 0.350 e. The molecule has 2 aromatic heterocycles. The molecule has 0 saturated heterocycles. The number of rotatable bonds is 5. The van der Waals surface area contributed by atoms with Gasteiger partial charge in [-0.15, -0.1) is 0 Å². The number of nitrogens with zero attached hydrogens (tertiary/aromatic N) is 4. The van der Waals surface area contributed by atoms with Gasteiger partial charge in [-0.1, -0.05) is 23.3 Å². The first-order valence-electron chi connectivity index (χ1n) is 9.71. The van der Waals surface area contributed by atoms with Gasteiger partial charge < -0.3 is 9.88 Å². The van der Waals surface area contributed by atoms with Gasteiger partial charge in [-0.2, -0.15) is 5.10 Å². The van der Waals surface area contributed by atoms with Crippen molar-refractivity contribution in [1.29, 1.82) is 0 Å². The van der Waals surface area contributed by atoms with Gasteiger partial charge in [0.05, 0.1) is 12.0 Å². The molecule has 8 heteroatoms. The summed E-state index contributed by atoms with van der Waals surface area (Å²) in [6, 6.07) is 6.92. The molecule has 0 bridgehead atoms. The minimum absolute atomic E-state index is 0.144. The minimum Gasteiger partial charge on any atom is -0.350 e. The lowest BCUT2D eigenvalue weighted by Gasteiger charge is -2.12. The Morgan fingerprint density at radius 3 is 2.76 bits per heavy atom. The van der Waals surface area contributed by atoms with Crippen molar-refractivity contribution >= 4 is 28.5 Å². The van der Waals surface area contributed by atoms with E-state index in [0.29, 0.717) is 17.3 Å². The molecule has 7 nitrogen and oxygen atoms in total. The van der Waals surface area contributed by atoms with Gasteiger partial charge in [0.25, 0.3) is 11.5 Å². The molecule has 0 fully saturated rings. The van der Waals surface area contributed by atoms with E-state index in [1.54, 1.807) is 31.3 Å². The van der Waals surface area contributed by atoms with Gasteiger partial charge in [0.2, 0.25) is 0 Å². The molecule has 0 spiro atoms. The molecule has 150 valence electrons. The lowest BCUT2D eigenvalue weighted by molar-refractivity contribution is 0.0950. The Bertz CT molecular complexity index is 1140. The number of nitrogens with one attached hydrogen (secondary N) is 1. The SMILES string of the molecule is Cn1cnc2c(C(=O)NCCC3=CCCCC3)nn(-c3ccc(Cl)cc3)c2c1=O. The molecule has 1 N–H and O–H groups in total. The summed E-state index contributed by atoms with van der Waals surface area (Å²) >= 11 is 5.97. The lowest BCUT2D eigenvalue weighted by atomic mass is 9.97. The third-order valence-electron chi connectivity index (χ3n) is 5.15. The number of allylic oxidation sites excluding steroid dienone is 1. The van der Waals surface area contributed by atoms with Crippen molar-refractivity contribution in [3.05, 3.63) is 63.3 Å². The summed E-state index contributed by atoms with van der Waals surface area (Å²) in [6.07, 6.45) is 9.17. The number of benzene rings is 1. The molecule has 0 radical (unpaired) electrons. The first-order chi connectivity index (χ1) is 14.0. The van der Waals surface area contributed by atoms with Crippen molar-refractivity contribution in [3.8, 4) is 5.69 Å². The quantitative estimate of drug-likeness (QED) is 0.652.